The van der Waals surface area contributed by atoms with Gasteiger partial charge in [-0.2, -0.15) is 10.1 Å². The van der Waals surface area contributed by atoms with E-state index >= 15 is 0 Å². The highest BCUT2D eigenvalue weighted by molar-refractivity contribution is 6.04. The van der Waals surface area contributed by atoms with Crippen LogP contribution in [-0.2, 0) is 13.5 Å². The van der Waals surface area contributed by atoms with E-state index in [4.69, 9.17) is 9.26 Å². The molecule has 30 heavy (non-hydrogen) atoms. The molecule has 0 radical (unpaired) electrons. The van der Waals surface area contributed by atoms with Crippen molar-refractivity contribution in [2.45, 2.75) is 13.3 Å². The van der Waals surface area contributed by atoms with Crippen LogP contribution >= 0.6 is 0 Å². The number of aromatic nitrogens is 4. The molecule has 0 spiro atoms. The van der Waals surface area contributed by atoms with Crippen LogP contribution in [0.25, 0.3) is 11.3 Å². The van der Waals surface area contributed by atoms with Gasteiger partial charge in [0.1, 0.15) is 11.4 Å². The van der Waals surface area contributed by atoms with E-state index in [1.807, 2.05) is 48.5 Å². The number of benzene rings is 2. The molecule has 0 bridgehead atoms. The molecule has 8 heteroatoms. The van der Waals surface area contributed by atoms with Gasteiger partial charge in [-0.1, -0.05) is 35.5 Å². The Labute approximate surface area is 173 Å². The number of amides is 1. The number of para-hydroxylation sites is 2. The van der Waals surface area contributed by atoms with E-state index in [1.165, 1.54) is 0 Å². The van der Waals surface area contributed by atoms with Crippen molar-refractivity contribution < 1.29 is 14.1 Å². The molecule has 2 aromatic heterocycles. The number of ether oxygens (including phenoxy) is 1. The molecule has 1 amide bonds. The molecule has 8 nitrogen and oxygen atoms in total. The number of aryl methyl sites for hydroxylation is 2. The number of nitrogens with one attached hydrogen (secondary N) is 1. The molecule has 0 fully saturated rings. The second kappa shape index (κ2) is 8.20. The van der Waals surface area contributed by atoms with Crippen molar-refractivity contribution in [1.82, 2.24) is 19.9 Å². The lowest BCUT2D eigenvalue weighted by atomic mass is 10.1. The van der Waals surface area contributed by atoms with E-state index in [0.717, 1.165) is 11.1 Å². The molecule has 2 heterocycles. The summed E-state index contributed by atoms with van der Waals surface area (Å²) in [7, 11) is 3.35. The van der Waals surface area contributed by atoms with Crippen LogP contribution in [0.1, 0.15) is 27.8 Å². The molecular weight excluding hydrogens is 382 g/mol. The zero-order chi connectivity index (χ0) is 21.1. The van der Waals surface area contributed by atoms with Crippen LogP contribution in [0.4, 0.5) is 5.69 Å². The third-order valence-corrected chi connectivity index (χ3v) is 4.67. The quantitative estimate of drug-likeness (QED) is 0.528. The minimum absolute atomic E-state index is 0.264. The Kier molecular flexibility index (Phi) is 5.30. The van der Waals surface area contributed by atoms with Gasteiger partial charge >= 0.3 is 0 Å². The van der Waals surface area contributed by atoms with Gasteiger partial charge < -0.3 is 14.6 Å². The van der Waals surface area contributed by atoms with E-state index in [1.54, 1.807) is 31.8 Å². The molecule has 4 aromatic rings. The van der Waals surface area contributed by atoms with Crippen LogP contribution in [0, 0.1) is 6.92 Å². The first-order chi connectivity index (χ1) is 14.5. The third-order valence-electron chi connectivity index (χ3n) is 4.67. The SMILES string of the molecule is COc1ccccc1-c1cc(C(=O)Nc2ccccc2Cc2nc(C)no2)n(C)n1. The maximum absolute atomic E-state index is 13.0. The summed E-state index contributed by atoms with van der Waals surface area (Å²) in [5, 5.41) is 11.3. The number of hydrogen-bond acceptors (Lipinski definition) is 6. The molecule has 2 aromatic carbocycles. The summed E-state index contributed by atoms with van der Waals surface area (Å²) in [4.78, 5) is 17.2. The Morgan fingerprint density at radius 3 is 2.70 bits per heavy atom. The fourth-order valence-corrected chi connectivity index (χ4v) is 3.23. The highest BCUT2D eigenvalue weighted by atomic mass is 16.5. The first kappa shape index (κ1) is 19.4. The largest absolute Gasteiger partial charge is 0.496 e. The summed E-state index contributed by atoms with van der Waals surface area (Å²) >= 11 is 0. The molecule has 0 aliphatic rings. The third kappa shape index (κ3) is 3.93. The van der Waals surface area contributed by atoms with Gasteiger partial charge in [0, 0.05) is 18.3 Å². The maximum atomic E-state index is 13.0. The Hall–Kier alpha value is -3.94. The summed E-state index contributed by atoms with van der Waals surface area (Å²) in [6.45, 7) is 1.77. The number of carbonyl (C=O) groups is 1. The van der Waals surface area contributed by atoms with Crippen molar-refractivity contribution in [3.63, 3.8) is 0 Å². The van der Waals surface area contributed by atoms with Gasteiger partial charge in [0.25, 0.3) is 5.91 Å². The number of anilines is 1. The Balaban J connectivity index is 1.59. The molecule has 0 aliphatic heterocycles. The van der Waals surface area contributed by atoms with Crippen LogP contribution in [-0.4, -0.2) is 32.9 Å². The normalized spacial score (nSPS) is 10.8. The summed E-state index contributed by atoms with van der Waals surface area (Å²) in [5.41, 5.74) is 3.47. The highest BCUT2D eigenvalue weighted by Gasteiger charge is 2.18. The minimum Gasteiger partial charge on any atom is -0.496 e. The van der Waals surface area contributed by atoms with Gasteiger partial charge in [-0.3, -0.25) is 9.48 Å². The number of hydrogen-bond donors (Lipinski definition) is 1. The fourth-order valence-electron chi connectivity index (χ4n) is 3.23. The zero-order valence-corrected chi connectivity index (χ0v) is 16.9. The van der Waals surface area contributed by atoms with E-state index in [-0.39, 0.29) is 5.91 Å². The molecular formula is C22H21N5O3. The topological polar surface area (TPSA) is 95.1 Å². The maximum Gasteiger partial charge on any atom is 0.273 e. The molecule has 1 N–H and O–H groups in total. The number of methoxy groups -OCH3 is 1. The Bertz CT molecular complexity index is 1190. The molecule has 0 saturated carbocycles. The predicted molar refractivity (Wildman–Crippen MR) is 111 cm³/mol. The fraction of sp³-hybridized carbons (Fsp3) is 0.182. The van der Waals surface area contributed by atoms with Gasteiger partial charge in [-0.15, -0.1) is 0 Å². The van der Waals surface area contributed by atoms with Crippen LogP contribution in [0.3, 0.4) is 0 Å². The van der Waals surface area contributed by atoms with Crippen LogP contribution in [0.5, 0.6) is 5.75 Å². The second-order valence-electron chi connectivity index (χ2n) is 6.76. The number of rotatable bonds is 6. The first-order valence-corrected chi connectivity index (χ1v) is 9.41. The lowest BCUT2D eigenvalue weighted by Gasteiger charge is -2.09. The van der Waals surface area contributed by atoms with E-state index in [0.29, 0.717) is 41.0 Å². The molecule has 0 unspecified atom stereocenters. The van der Waals surface area contributed by atoms with Crippen molar-refractivity contribution in [1.29, 1.82) is 0 Å². The van der Waals surface area contributed by atoms with Crippen molar-refractivity contribution in [2.24, 2.45) is 7.05 Å². The lowest BCUT2D eigenvalue weighted by Crippen LogP contribution is -2.17. The smallest absolute Gasteiger partial charge is 0.273 e. The van der Waals surface area contributed by atoms with Crippen LogP contribution < -0.4 is 10.1 Å². The van der Waals surface area contributed by atoms with E-state index in [9.17, 15) is 4.79 Å². The lowest BCUT2D eigenvalue weighted by molar-refractivity contribution is 0.101. The molecule has 0 saturated heterocycles. The average Bonchev–Trinajstić information content (AvgIpc) is 3.34. The average molecular weight is 403 g/mol. The van der Waals surface area contributed by atoms with Crippen molar-refractivity contribution in [2.75, 3.05) is 12.4 Å². The summed E-state index contributed by atoms with van der Waals surface area (Å²) in [5.74, 6) is 1.50. The van der Waals surface area contributed by atoms with Crippen LogP contribution in [0.2, 0.25) is 0 Å². The standard InChI is InChI=1S/C22H21N5O3/c1-14-23-21(30-26-14)12-15-8-4-6-10-17(15)24-22(28)19-13-18(25-27(19)2)16-9-5-7-11-20(16)29-3/h4-11,13H,12H2,1-3H3,(H,24,28). The number of carbonyl (C=O) groups excluding carboxylic acids is 1. The molecule has 0 atom stereocenters. The van der Waals surface area contributed by atoms with Crippen molar-refractivity contribution in [3.05, 3.63) is 77.6 Å². The summed E-state index contributed by atoms with van der Waals surface area (Å²) in [6.07, 6.45) is 0.426. The van der Waals surface area contributed by atoms with E-state index < -0.39 is 0 Å². The first-order valence-electron chi connectivity index (χ1n) is 9.41. The van der Waals surface area contributed by atoms with E-state index in [2.05, 4.69) is 20.6 Å². The molecule has 0 aliphatic carbocycles. The zero-order valence-electron chi connectivity index (χ0n) is 16.9. The Morgan fingerprint density at radius 2 is 1.93 bits per heavy atom. The van der Waals surface area contributed by atoms with Gasteiger partial charge in [0.15, 0.2) is 5.82 Å². The van der Waals surface area contributed by atoms with Crippen LogP contribution in [0.15, 0.2) is 59.1 Å². The van der Waals surface area contributed by atoms with Crippen molar-refractivity contribution in [3.8, 4) is 17.0 Å². The predicted octanol–water partition coefficient (Wildman–Crippen LogP) is 3.63. The van der Waals surface area contributed by atoms with Crippen molar-refractivity contribution >= 4 is 11.6 Å². The minimum atomic E-state index is -0.264. The van der Waals surface area contributed by atoms with Gasteiger partial charge in [-0.25, -0.2) is 0 Å². The highest BCUT2D eigenvalue weighted by Crippen LogP contribution is 2.29. The second-order valence-corrected chi connectivity index (χ2v) is 6.76. The summed E-state index contributed by atoms with van der Waals surface area (Å²) in [6, 6.07) is 16.8. The van der Waals surface area contributed by atoms with Gasteiger partial charge in [-0.05, 0) is 36.8 Å². The Morgan fingerprint density at radius 1 is 1.17 bits per heavy atom. The van der Waals surface area contributed by atoms with Gasteiger partial charge in [0.05, 0.1) is 19.2 Å². The molecule has 4 rings (SSSR count). The summed E-state index contributed by atoms with van der Waals surface area (Å²) < 4.78 is 12.2. The number of nitrogens with zero attached hydrogens (tertiary/aromatic N) is 4. The molecule has 152 valence electrons. The van der Waals surface area contributed by atoms with Gasteiger partial charge in [0.2, 0.25) is 5.89 Å². The monoisotopic (exact) mass is 403 g/mol.